The van der Waals surface area contributed by atoms with E-state index in [0.717, 1.165) is 10.5 Å². The zero-order valence-electron chi connectivity index (χ0n) is 14.7. The highest BCUT2D eigenvalue weighted by molar-refractivity contribution is 6.19. The first kappa shape index (κ1) is 16.8. The molecule has 1 aromatic carbocycles. The van der Waals surface area contributed by atoms with Crippen molar-refractivity contribution in [2.24, 2.45) is 0 Å². The zero-order valence-corrected chi connectivity index (χ0v) is 14.7. The van der Waals surface area contributed by atoms with Crippen molar-refractivity contribution in [3.8, 4) is 0 Å². The number of carbonyl (C=O) groups is 3. The Labute approximate surface area is 151 Å². The number of ether oxygens (including phenoxy) is 1. The summed E-state index contributed by atoms with van der Waals surface area (Å²) in [5, 5.41) is 2.89. The van der Waals surface area contributed by atoms with Gasteiger partial charge in [0, 0.05) is 19.6 Å². The fourth-order valence-electron chi connectivity index (χ4n) is 3.79. The van der Waals surface area contributed by atoms with Crippen LogP contribution in [0, 0.1) is 6.92 Å². The normalized spacial score (nSPS) is 26.0. The molecule has 5 amide bonds. The molecule has 3 heterocycles. The number of fused-ring (bicyclic) bond motifs is 1. The standard InChI is InChI=1S/C18H22N4O4/c1-12-2-4-13(5-3-12)22-16(23)15-14(19-17(22)24)6-7-21(15)18(25)20-8-10-26-11-9-20/h2-5,14-15H,6-11H2,1H3,(H,19,24). The molecule has 3 aliphatic rings. The Bertz CT molecular complexity index is 729. The lowest BCUT2D eigenvalue weighted by molar-refractivity contribution is -0.122. The summed E-state index contributed by atoms with van der Waals surface area (Å²) in [5.74, 6) is -0.346. The summed E-state index contributed by atoms with van der Waals surface area (Å²) in [4.78, 5) is 42.9. The molecule has 0 radical (unpaired) electrons. The molecule has 3 saturated heterocycles. The van der Waals surface area contributed by atoms with Gasteiger partial charge in [-0.2, -0.15) is 0 Å². The monoisotopic (exact) mass is 358 g/mol. The smallest absolute Gasteiger partial charge is 0.329 e. The number of nitrogens with one attached hydrogen (secondary N) is 1. The Morgan fingerprint density at radius 2 is 1.81 bits per heavy atom. The average molecular weight is 358 g/mol. The number of amides is 5. The van der Waals surface area contributed by atoms with Crippen molar-refractivity contribution in [1.82, 2.24) is 15.1 Å². The Hall–Kier alpha value is -2.61. The summed E-state index contributed by atoms with van der Waals surface area (Å²) >= 11 is 0. The molecule has 2 atom stereocenters. The van der Waals surface area contributed by atoms with Crippen molar-refractivity contribution in [1.29, 1.82) is 0 Å². The molecule has 0 aliphatic carbocycles. The number of hydrogen-bond acceptors (Lipinski definition) is 4. The number of aryl methyl sites for hydroxylation is 1. The van der Waals surface area contributed by atoms with Gasteiger partial charge in [0.25, 0.3) is 5.91 Å². The third-order valence-electron chi connectivity index (χ3n) is 5.20. The minimum absolute atomic E-state index is 0.158. The second-order valence-corrected chi connectivity index (χ2v) is 6.87. The zero-order chi connectivity index (χ0) is 18.3. The van der Waals surface area contributed by atoms with E-state index in [1.807, 2.05) is 19.1 Å². The second kappa shape index (κ2) is 6.60. The summed E-state index contributed by atoms with van der Waals surface area (Å²) in [5.41, 5.74) is 1.56. The van der Waals surface area contributed by atoms with Crippen molar-refractivity contribution >= 4 is 23.7 Å². The van der Waals surface area contributed by atoms with Crippen LogP contribution >= 0.6 is 0 Å². The fraction of sp³-hybridized carbons (Fsp3) is 0.500. The third kappa shape index (κ3) is 2.80. The van der Waals surface area contributed by atoms with E-state index in [-0.39, 0.29) is 18.0 Å². The van der Waals surface area contributed by atoms with Crippen molar-refractivity contribution in [2.45, 2.75) is 25.4 Å². The van der Waals surface area contributed by atoms with Gasteiger partial charge in [-0.3, -0.25) is 4.79 Å². The number of nitrogens with zero attached hydrogens (tertiary/aromatic N) is 3. The van der Waals surface area contributed by atoms with E-state index >= 15 is 0 Å². The summed E-state index contributed by atoms with van der Waals surface area (Å²) in [6, 6.07) is 5.62. The molecule has 4 rings (SSSR count). The number of benzene rings is 1. The lowest BCUT2D eigenvalue weighted by Gasteiger charge is -2.39. The lowest BCUT2D eigenvalue weighted by Crippen LogP contribution is -2.66. The molecule has 1 N–H and O–H groups in total. The van der Waals surface area contributed by atoms with Crippen molar-refractivity contribution in [3.05, 3.63) is 29.8 Å². The molecule has 2 unspecified atom stereocenters. The van der Waals surface area contributed by atoms with E-state index in [2.05, 4.69) is 5.32 Å². The van der Waals surface area contributed by atoms with E-state index in [0.29, 0.717) is 45.0 Å². The molecule has 0 saturated carbocycles. The van der Waals surface area contributed by atoms with Crippen molar-refractivity contribution in [3.63, 3.8) is 0 Å². The number of rotatable bonds is 1. The third-order valence-corrected chi connectivity index (χ3v) is 5.20. The molecule has 3 fully saturated rings. The molecule has 0 bridgehead atoms. The van der Waals surface area contributed by atoms with E-state index in [1.165, 1.54) is 0 Å². The van der Waals surface area contributed by atoms with Gasteiger partial charge in [0.2, 0.25) is 0 Å². The van der Waals surface area contributed by atoms with Crippen LogP contribution in [-0.4, -0.2) is 72.7 Å². The molecule has 3 aliphatic heterocycles. The van der Waals surface area contributed by atoms with E-state index in [9.17, 15) is 14.4 Å². The van der Waals surface area contributed by atoms with Gasteiger partial charge >= 0.3 is 12.1 Å². The van der Waals surface area contributed by atoms with Crippen LogP contribution in [0.15, 0.2) is 24.3 Å². The maximum atomic E-state index is 13.1. The molecule has 26 heavy (non-hydrogen) atoms. The highest BCUT2D eigenvalue weighted by atomic mass is 16.5. The van der Waals surface area contributed by atoms with Gasteiger partial charge in [0.05, 0.1) is 24.9 Å². The number of hydrogen-bond donors (Lipinski definition) is 1. The number of morpholine rings is 1. The van der Waals surface area contributed by atoms with Crippen molar-refractivity contribution < 1.29 is 19.1 Å². The SMILES string of the molecule is Cc1ccc(N2C(=O)NC3CCN(C(=O)N4CCOCC4)C3C2=O)cc1. The van der Waals surface area contributed by atoms with Gasteiger partial charge in [-0.05, 0) is 25.5 Å². The molecule has 0 spiro atoms. The summed E-state index contributed by atoms with van der Waals surface area (Å²) in [6.07, 6.45) is 0.583. The van der Waals surface area contributed by atoms with Crippen LogP contribution in [0.2, 0.25) is 0 Å². The molecular formula is C18H22N4O4. The Morgan fingerprint density at radius 1 is 1.12 bits per heavy atom. The summed E-state index contributed by atoms with van der Waals surface area (Å²) < 4.78 is 5.29. The Morgan fingerprint density at radius 3 is 2.50 bits per heavy atom. The Kier molecular flexibility index (Phi) is 4.28. The predicted molar refractivity (Wildman–Crippen MR) is 93.9 cm³/mol. The van der Waals surface area contributed by atoms with Crippen LogP contribution in [0.25, 0.3) is 0 Å². The highest BCUT2D eigenvalue weighted by Crippen LogP contribution is 2.28. The number of anilines is 1. The van der Waals surface area contributed by atoms with Crippen LogP contribution < -0.4 is 10.2 Å². The molecule has 1 aromatic rings. The number of imide groups is 1. The maximum absolute atomic E-state index is 13.1. The van der Waals surface area contributed by atoms with E-state index < -0.39 is 12.1 Å². The maximum Gasteiger partial charge on any atom is 0.329 e. The second-order valence-electron chi connectivity index (χ2n) is 6.87. The highest BCUT2D eigenvalue weighted by Gasteiger charge is 2.50. The van der Waals surface area contributed by atoms with Gasteiger partial charge in [-0.15, -0.1) is 0 Å². The first-order chi connectivity index (χ1) is 12.6. The van der Waals surface area contributed by atoms with Crippen LogP contribution in [0.4, 0.5) is 15.3 Å². The van der Waals surface area contributed by atoms with Crippen LogP contribution in [0.3, 0.4) is 0 Å². The minimum atomic E-state index is -0.663. The lowest BCUT2D eigenvalue weighted by atomic mass is 10.0. The number of likely N-dealkylation sites (tertiary alicyclic amines) is 1. The van der Waals surface area contributed by atoms with Gasteiger partial charge in [0.15, 0.2) is 0 Å². The van der Waals surface area contributed by atoms with Gasteiger partial charge in [-0.25, -0.2) is 14.5 Å². The topological polar surface area (TPSA) is 82.2 Å². The van der Waals surface area contributed by atoms with Crippen LogP contribution in [0.5, 0.6) is 0 Å². The largest absolute Gasteiger partial charge is 0.378 e. The van der Waals surface area contributed by atoms with Crippen LogP contribution in [0.1, 0.15) is 12.0 Å². The first-order valence-electron chi connectivity index (χ1n) is 8.90. The molecule has 8 nitrogen and oxygen atoms in total. The fourth-order valence-corrected chi connectivity index (χ4v) is 3.79. The summed E-state index contributed by atoms with van der Waals surface area (Å²) in [6.45, 7) is 4.46. The number of carbonyl (C=O) groups excluding carboxylic acids is 3. The van der Waals surface area contributed by atoms with Gasteiger partial charge in [0.1, 0.15) is 6.04 Å². The molecule has 138 valence electrons. The Balaban J connectivity index is 1.58. The number of urea groups is 2. The molecular weight excluding hydrogens is 336 g/mol. The molecule has 0 aromatic heterocycles. The predicted octanol–water partition coefficient (Wildman–Crippen LogP) is 0.946. The van der Waals surface area contributed by atoms with E-state index in [4.69, 9.17) is 4.74 Å². The summed E-state index contributed by atoms with van der Waals surface area (Å²) in [7, 11) is 0. The van der Waals surface area contributed by atoms with Crippen LogP contribution in [-0.2, 0) is 9.53 Å². The minimum Gasteiger partial charge on any atom is -0.378 e. The molecule has 8 heteroatoms. The van der Waals surface area contributed by atoms with Gasteiger partial charge in [-0.1, -0.05) is 17.7 Å². The first-order valence-corrected chi connectivity index (χ1v) is 8.90. The van der Waals surface area contributed by atoms with Crippen molar-refractivity contribution in [2.75, 3.05) is 37.7 Å². The quantitative estimate of drug-likeness (QED) is 0.810. The van der Waals surface area contributed by atoms with Gasteiger partial charge < -0.3 is 19.9 Å². The average Bonchev–Trinajstić information content (AvgIpc) is 3.07. The van der Waals surface area contributed by atoms with E-state index in [1.54, 1.807) is 21.9 Å².